The van der Waals surface area contributed by atoms with Crippen molar-refractivity contribution in [1.29, 1.82) is 5.26 Å². The standard InChI is InChI=1S/C42H46ClF2N9O3/c43-34-8-2-6-28-5-1-7-32(36(28)34)38-37(45)39-33(22-47-38)40(49-41(48-39)57-27-42-11-4-14-53(42)23-29(44)21-42)52-19-20-54(30(24-52)10-12-46)35(55)9-3-13-50-15-17-51(18-16-50)31-25-56-26-31/h1-3,5-9,22,29-31H,4,10-11,13-21,23-27H2/b9-3+/t29-,30+,42?/m1/s1. The molecule has 1 amide bonds. The van der Waals surface area contributed by atoms with Gasteiger partial charge in [0, 0.05) is 93.6 Å². The zero-order chi connectivity index (χ0) is 39.1. The number of ether oxygens (including phenoxy) is 2. The summed E-state index contributed by atoms with van der Waals surface area (Å²) in [5.41, 5.74) is 0.185. The molecule has 2 aromatic heterocycles. The third kappa shape index (κ3) is 7.40. The highest BCUT2D eigenvalue weighted by Crippen LogP contribution is 2.41. The first-order chi connectivity index (χ1) is 27.8. The van der Waals surface area contributed by atoms with Gasteiger partial charge < -0.3 is 19.3 Å². The molecule has 0 spiro atoms. The second-order valence-corrected chi connectivity index (χ2v) is 16.4. The Morgan fingerprint density at radius 1 is 1.07 bits per heavy atom. The maximum atomic E-state index is 17.0. The Hall–Kier alpha value is -4.52. The lowest BCUT2D eigenvalue weighted by molar-refractivity contribution is -0.128. The molecule has 12 nitrogen and oxygen atoms in total. The Kier molecular flexibility index (Phi) is 10.7. The average Bonchev–Trinajstić information content (AvgIpc) is 3.73. The molecule has 0 aliphatic carbocycles. The van der Waals surface area contributed by atoms with Crippen molar-refractivity contribution in [3.63, 3.8) is 0 Å². The van der Waals surface area contributed by atoms with E-state index in [1.54, 1.807) is 29.3 Å². The van der Waals surface area contributed by atoms with Gasteiger partial charge in [-0.15, -0.1) is 0 Å². The number of hydrogen-bond donors (Lipinski definition) is 0. The van der Waals surface area contributed by atoms with Crippen molar-refractivity contribution >= 4 is 45.0 Å². The van der Waals surface area contributed by atoms with E-state index in [2.05, 4.69) is 30.7 Å². The minimum Gasteiger partial charge on any atom is -0.461 e. The van der Waals surface area contributed by atoms with E-state index in [1.807, 2.05) is 35.2 Å². The first kappa shape index (κ1) is 38.0. The van der Waals surface area contributed by atoms with Gasteiger partial charge in [-0.25, -0.2) is 8.78 Å². The normalized spacial score (nSPS) is 25.0. The van der Waals surface area contributed by atoms with Crippen LogP contribution in [0.5, 0.6) is 6.01 Å². The minimum absolute atomic E-state index is 0.0202. The molecule has 5 aliphatic rings. The topological polar surface area (TPSA) is 114 Å². The summed E-state index contributed by atoms with van der Waals surface area (Å²) >= 11 is 6.65. The fourth-order valence-corrected chi connectivity index (χ4v) is 9.70. The maximum Gasteiger partial charge on any atom is 0.319 e. The Balaban J connectivity index is 0.991. The smallest absolute Gasteiger partial charge is 0.319 e. The van der Waals surface area contributed by atoms with E-state index < -0.39 is 23.6 Å². The second kappa shape index (κ2) is 16.0. The van der Waals surface area contributed by atoms with Gasteiger partial charge in [-0.1, -0.05) is 48.0 Å². The van der Waals surface area contributed by atoms with Gasteiger partial charge in [-0.2, -0.15) is 15.2 Å². The fraction of sp³-hybridized carbons (Fsp3) is 0.500. The minimum atomic E-state index is -0.935. The summed E-state index contributed by atoms with van der Waals surface area (Å²) in [5, 5.41) is 12.2. The molecule has 5 aliphatic heterocycles. The highest BCUT2D eigenvalue weighted by molar-refractivity contribution is 6.36. The van der Waals surface area contributed by atoms with Crippen LogP contribution in [0.2, 0.25) is 5.02 Å². The van der Waals surface area contributed by atoms with Gasteiger partial charge in [0.1, 0.15) is 29.8 Å². The van der Waals surface area contributed by atoms with Crippen LogP contribution in [0.15, 0.2) is 54.7 Å². The lowest BCUT2D eigenvalue weighted by atomic mass is 9.95. The number of fused-ring (bicyclic) bond motifs is 3. The molecule has 4 aromatic rings. The molecular weight excluding hydrogens is 752 g/mol. The molecule has 0 N–H and O–H groups in total. The lowest BCUT2D eigenvalue weighted by Gasteiger charge is -2.42. The van der Waals surface area contributed by atoms with Gasteiger partial charge in [0.05, 0.1) is 48.7 Å². The summed E-state index contributed by atoms with van der Waals surface area (Å²) in [6, 6.07) is 13.4. The molecule has 2 aromatic carbocycles. The summed E-state index contributed by atoms with van der Waals surface area (Å²) in [4.78, 5) is 38.4. The van der Waals surface area contributed by atoms with Crippen LogP contribution >= 0.6 is 11.6 Å². The van der Waals surface area contributed by atoms with Crippen molar-refractivity contribution in [3.8, 4) is 23.3 Å². The van der Waals surface area contributed by atoms with E-state index in [1.165, 1.54) is 0 Å². The predicted octanol–water partition coefficient (Wildman–Crippen LogP) is 5.10. The van der Waals surface area contributed by atoms with Crippen LogP contribution < -0.4 is 9.64 Å². The second-order valence-electron chi connectivity index (χ2n) is 15.9. The molecule has 15 heteroatoms. The van der Waals surface area contributed by atoms with Crippen LogP contribution in [0, 0.1) is 17.1 Å². The van der Waals surface area contributed by atoms with Gasteiger partial charge >= 0.3 is 6.01 Å². The molecule has 5 saturated heterocycles. The van der Waals surface area contributed by atoms with Crippen LogP contribution in [0.25, 0.3) is 32.9 Å². The highest BCUT2D eigenvalue weighted by atomic mass is 35.5. The van der Waals surface area contributed by atoms with Crippen LogP contribution in [0.1, 0.15) is 25.7 Å². The fourth-order valence-electron chi connectivity index (χ4n) is 9.42. The molecule has 298 valence electrons. The van der Waals surface area contributed by atoms with Crippen LogP contribution in [0.3, 0.4) is 0 Å². The van der Waals surface area contributed by atoms with E-state index in [4.69, 9.17) is 26.1 Å². The third-order valence-electron chi connectivity index (χ3n) is 12.5. The highest BCUT2D eigenvalue weighted by Gasteiger charge is 2.49. The van der Waals surface area contributed by atoms with E-state index in [9.17, 15) is 14.4 Å². The number of carbonyl (C=O) groups excluding carboxylic acids is 1. The Bertz CT molecular complexity index is 2220. The quantitative estimate of drug-likeness (QED) is 0.200. The van der Waals surface area contributed by atoms with Crippen molar-refractivity contribution in [2.24, 2.45) is 0 Å². The van der Waals surface area contributed by atoms with Crippen LogP contribution in [0.4, 0.5) is 14.6 Å². The van der Waals surface area contributed by atoms with Gasteiger partial charge in [-0.3, -0.25) is 24.5 Å². The number of rotatable bonds is 10. The summed E-state index contributed by atoms with van der Waals surface area (Å²) in [6.07, 6.45) is 6.39. The van der Waals surface area contributed by atoms with Crippen LogP contribution in [-0.4, -0.2) is 150 Å². The Morgan fingerprint density at radius 2 is 1.89 bits per heavy atom. The lowest BCUT2D eigenvalue weighted by Crippen LogP contribution is -2.56. The first-order valence-corrected chi connectivity index (χ1v) is 20.4. The molecule has 57 heavy (non-hydrogen) atoms. The van der Waals surface area contributed by atoms with Crippen LogP contribution in [-0.2, 0) is 9.53 Å². The number of anilines is 1. The molecule has 5 fully saturated rings. The number of alkyl halides is 1. The number of aromatic nitrogens is 3. The van der Waals surface area contributed by atoms with Gasteiger partial charge in [-0.05, 0) is 30.8 Å². The summed E-state index contributed by atoms with van der Waals surface area (Å²) in [7, 11) is 0. The number of amides is 1. The van der Waals surface area contributed by atoms with Crippen molar-refractivity contribution in [2.75, 3.05) is 90.2 Å². The van der Waals surface area contributed by atoms with E-state index >= 15 is 4.39 Å². The largest absolute Gasteiger partial charge is 0.461 e. The van der Waals surface area contributed by atoms with E-state index in [0.29, 0.717) is 65.8 Å². The van der Waals surface area contributed by atoms with E-state index in [-0.39, 0.29) is 42.7 Å². The number of carbonyl (C=O) groups is 1. The number of pyridine rings is 1. The maximum absolute atomic E-state index is 17.0. The molecular formula is C42H46ClF2N9O3. The van der Waals surface area contributed by atoms with Gasteiger partial charge in [0.25, 0.3) is 0 Å². The number of halogens is 3. The van der Waals surface area contributed by atoms with Gasteiger partial charge in [0.15, 0.2) is 5.82 Å². The summed E-state index contributed by atoms with van der Waals surface area (Å²) < 4.78 is 43.3. The number of piperazine rings is 2. The molecule has 7 heterocycles. The Morgan fingerprint density at radius 3 is 2.68 bits per heavy atom. The number of nitrogens with zero attached hydrogens (tertiary/aromatic N) is 9. The van der Waals surface area contributed by atoms with Crippen molar-refractivity contribution < 1.29 is 23.0 Å². The van der Waals surface area contributed by atoms with Gasteiger partial charge in [0.2, 0.25) is 5.91 Å². The predicted molar refractivity (Wildman–Crippen MR) is 213 cm³/mol. The molecule has 1 unspecified atom stereocenters. The molecule has 0 saturated carbocycles. The molecule has 0 bridgehead atoms. The zero-order valence-electron chi connectivity index (χ0n) is 31.8. The number of hydrogen-bond acceptors (Lipinski definition) is 11. The number of benzene rings is 2. The van der Waals surface area contributed by atoms with Crippen molar-refractivity contribution in [2.45, 2.75) is 49.5 Å². The SMILES string of the molecule is N#CC[C@H]1CN(c2nc(OCC34CCCN3C[C@H](F)C4)nc3c(F)c(-c4cccc5cccc(Cl)c45)ncc23)CCN1C(=O)/C=C/CN1CCN(C2COC2)CC1. The molecule has 3 atom stereocenters. The Labute approximate surface area is 335 Å². The number of nitriles is 1. The van der Waals surface area contributed by atoms with E-state index in [0.717, 1.165) is 64.2 Å². The first-order valence-electron chi connectivity index (χ1n) is 20.0. The summed E-state index contributed by atoms with van der Waals surface area (Å²) in [5.74, 6) is -0.395. The third-order valence-corrected chi connectivity index (χ3v) is 12.9. The summed E-state index contributed by atoms with van der Waals surface area (Å²) in [6.45, 7) is 8.49. The zero-order valence-corrected chi connectivity index (χ0v) is 32.6. The average molecular weight is 798 g/mol. The monoisotopic (exact) mass is 797 g/mol. The van der Waals surface area contributed by atoms with Crippen molar-refractivity contribution in [1.82, 2.24) is 34.6 Å². The van der Waals surface area contributed by atoms with Crippen molar-refractivity contribution in [3.05, 3.63) is 65.6 Å². The molecule has 0 radical (unpaired) electrons. The molecule has 9 rings (SSSR count).